The van der Waals surface area contributed by atoms with Gasteiger partial charge in [0.15, 0.2) is 0 Å². The lowest BCUT2D eigenvalue weighted by molar-refractivity contribution is 0.663. The Morgan fingerprint density at radius 1 is 1.13 bits per heavy atom. The van der Waals surface area contributed by atoms with Crippen LogP contribution in [0.25, 0.3) is 6.08 Å². The second-order valence-corrected chi connectivity index (χ2v) is 3.85. The Balaban J connectivity index is 2.12. The maximum atomic E-state index is 6.18. The first-order valence-corrected chi connectivity index (χ1v) is 5.16. The summed E-state index contributed by atoms with van der Waals surface area (Å²) in [5, 5.41) is 0. The Labute approximate surface area is 90.6 Å². The summed E-state index contributed by atoms with van der Waals surface area (Å²) >= 11 is 0. The van der Waals surface area contributed by atoms with Crippen LogP contribution in [0.1, 0.15) is 12.0 Å². The molecule has 1 aromatic rings. The quantitative estimate of drug-likeness (QED) is 0.775. The van der Waals surface area contributed by atoms with Crippen molar-refractivity contribution in [1.29, 1.82) is 0 Å². The first-order chi connectivity index (χ1) is 7.29. The average Bonchev–Trinajstić information content (AvgIpc) is 2.29. The molecule has 0 aromatic heterocycles. The third-order valence-corrected chi connectivity index (χ3v) is 2.51. The van der Waals surface area contributed by atoms with Gasteiger partial charge in [0.2, 0.25) is 0 Å². The topological polar surface area (TPSA) is 26.0 Å². The highest BCUT2D eigenvalue weighted by Gasteiger charge is 2.16. The Morgan fingerprint density at radius 2 is 1.93 bits per heavy atom. The lowest BCUT2D eigenvalue weighted by Gasteiger charge is -2.21. The molecule has 1 heteroatoms. The van der Waals surface area contributed by atoms with E-state index in [9.17, 15) is 0 Å². The molecule has 1 atom stereocenters. The number of hydrogen-bond donors (Lipinski definition) is 1. The molecule has 0 aliphatic heterocycles. The molecule has 0 saturated heterocycles. The van der Waals surface area contributed by atoms with Crippen LogP contribution in [0.3, 0.4) is 0 Å². The van der Waals surface area contributed by atoms with Gasteiger partial charge >= 0.3 is 0 Å². The van der Waals surface area contributed by atoms with Crippen LogP contribution < -0.4 is 5.73 Å². The zero-order valence-electron chi connectivity index (χ0n) is 8.64. The molecule has 0 amide bonds. The standard InChI is InChI=1S/C14H15N/c15-14(10-5-2-6-11-14)12-9-13-7-3-1-4-8-13/h1-10,12H,11,15H2. The zero-order chi connectivity index (χ0) is 10.6. The summed E-state index contributed by atoms with van der Waals surface area (Å²) in [7, 11) is 0. The van der Waals surface area contributed by atoms with Crippen LogP contribution in [0.2, 0.25) is 0 Å². The summed E-state index contributed by atoms with van der Waals surface area (Å²) < 4.78 is 0. The minimum absolute atomic E-state index is 0.315. The molecule has 76 valence electrons. The molecular weight excluding hydrogens is 182 g/mol. The molecule has 0 bridgehead atoms. The van der Waals surface area contributed by atoms with E-state index < -0.39 is 0 Å². The van der Waals surface area contributed by atoms with Gasteiger partial charge in [-0.05, 0) is 12.0 Å². The fraction of sp³-hybridized carbons (Fsp3) is 0.143. The van der Waals surface area contributed by atoms with Gasteiger partial charge in [0.25, 0.3) is 0 Å². The number of nitrogens with two attached hydrogens (primary N) is 1. The van der Waals surface area contributed by atoms with Gasteiger partial charge in [0.1, 0.15) is 0 Å². The number of allylic oxidation sites excluding steroid dienone is 2. The highest BCUT2D eigenvalue weighted by atomic mass is 14.7. The lowest BCUT2D eigenvalue weighted by atomic mass is 9.91. The summed E-state index contributed by atoms with van der Waals surface area (Å²) in [6, 6.07) is 10.2. The van der Waals surface area contributed by atoms with Crippen molar-refractivity contribution >= 4 is 6.08 Å². The Morgan fingerprint density at radius 3 is 2.60 bits per heavy atom. The van der Waals surface area contributed by atoms with E-state index in [1.807, 2.05) is 36.4 Å². The average molecular weight is 197 g/mol. The molecule has 0 heterocycles. The summed E-state index contributed by atoms with van der Waals surface area (Å²) in [5.41, 5.74) is 7.05. The van der Waals surface area contributed by atoms with Gasteiger partial charge in [-0.2, -0.15) is 0 Å². The first-order valence-electron chi connectivity index (χ1n) is 5.16. The van der Waals surface area contributed by atoms with Gasteiger partial charge in [0, 0.05) is 0 Å². The highest BCUT2D eigenvalue weighted by Crippen LogP contribution is 2.17. The molecule has 1 aliphatic rings. The third kappa shape index (κ3) is 2.67. The predicted molar refractivity (Wildman–Crippen MR) is 65.3 cm³/mol. The van der Waals surface area contributed by atoms with Gasteiger partial charge in [0.05, 0.1) is 5.54 Å². The summed E-state index contributed by atoms with van der Waals surface area (Å²) in [5.74, 6) is 0. The molecule has 15 heavy (non-hydrogen) atoms. The van der Waals surface area contributed by atoms with Gasteiger partial charge in [-0.15, -0.1) is 0 Å². The SMILES string of the molecule is NC1(C=Cc2ccccc2)C=CC=CC1. The molecular formula is C14H15N. The van der Waals surface area contributed by atoms with Crippen molar-refractivity contribution in [3.63, 3.8) is 0 Å². The maximum Gasteiger partial charge on any atom is 0.0566 e. The van der Waals surface area contributed by atoms with Crippen molar-refractivity contribution in [2.24, 2.45) is 5.73 Å². The van der Waals surface area contributed by atoms with E-state index in [4.69, 9.17) is 5.73 Å². The second kappa shape index (κ2) is 4.28. The van der Waals surface area contributed by atoms with Crippen LogP contribution >= 0.6 is 0 Å². The van der Waals surface area contributed by atoms with E-state index >= 15 is 0 Å². The van der Waals surface area contributed by atoms with Crippen molar-refractivity contribution in [3.05, 3.63) is 66.3 Å². The van der Waals surface area contributed by atoms with Gasteiger partial charge in [-0.25, -0.2) is 0 Å². The Kier molecular flexibility index (Phi) is 2.84. The summed E-state index contributed by atoms with van der Waals surface area (Å²) in [6.45, 7) is 0. The largest absolute Gasteiger partial charge is 0.318 e. The Hall–Kier alpha value is -1.60. The molecule has 0 radical (unpaired) electrons. The smallest absolute Gasteiger partial charge is 0.0566 e. The van der Waals surface area contributed by atoms with Crippen LogP contribution in [0, 0.1) is 0 Å². The second-order valence-electron chi connectivity index (χ2n) is 3.85. The van der Waals surface area contributed by atoms with Gasteiger partial charge < -0.3 is 5.73 Å². The molecule has 1 nitrogen and oxygen atoms in total. The molecule has 1 aliphatic carbocycles. The Bertz CT molecular complexity index is 401. The number of hydrogen-bond acceptors (Lipinski definition) is 1. The molecule has 1 aromatic carbocycles. The van der Waals surface area contributed by atoms with Crippen molar-refractivity contribution in [2.45, 2.75) is 12.0 Å². The fourth-order valence-corrected chi connectivity index (χ4v) is 1.59. The normalized spacial score (nSPS) is 24.9. The van der Waals surface area contributed by atoms with Crippen molar-refractivity contribution < 1.29 is 0 Å². The van der Waals surface area contributed by atoms with E-state index in [1.54, 1.807) is 0 Å². The molecule has 2 rings (SSSR count). The van der Waals surface area contributed by atoms with E-state index in [1.165, 1.54) is 5.56 Å². The van der Waals surface area contributed by atoms with Crippen LogP contribution in [0.15, 0.2) is 60.7 Å². The van der Waals surface area contributed by atoms with E-state index in [0.717, 1.165) is 6.42 Å². The van der Waals surface area contributed by atoms with Gasteiger partial charge in [-0.1, -0.05) is 66.8 Å². The van der Waals surface area contributed by atoms with Crippen LogP contribution in [-0.2, 0) is 0 Å². The van der Waals surface area contributed by atoms with Crippen molar-refractivity contribution in [2.75, 3.05) is 0 Å². The highest BCUT2D eigenvalue weighted by molar-refractivity contribution is 5.52. The predicted octanol–water partition coefficient (Wildman–Crippen LogP) is 2.91. The molecule has 1 unspecified atom stereocenters. The van der Waals surface area contributed by atoms with Crippen LogP contribution in [-0.4, -0.2) is 5.54 Å². The van der Waals surface area contributed by atoms with Crippen molar-refractivity contribution in [1.82, 2.24) is 0 Å². The molecule has 2 N–H and O–H groups in total. The zero-order valence-corrected chi connectivity index (χ0v) is 8.64. The van der Waals surface area contributed by atoms with E-state index in [2.05, 4.69) is 30.4 Å². The fourth-order valence-electron chi connectivity index (χ4n) is 1.59. The molecule has 0 saturated carbocycles. The number of benzene rings is 1. The molecule has 0 spiro atoms. The van der Waals surface area contributed by atoms with Gasteiger partial charge in [-0.3, -0.25) is 0 Å². The maximum absolute atomic E-state index is 6.18. The minimum atomic E-state index is -0.315. The van der Waals surface area contributed by atoms with Crippen molar-refractivity contribution in [3.8, 4) is 0 Å². The monoisotopic (exact) mass is 197 g/mol. The third-order valence-electron chi connectivity index (χ3n) is 2.51. The van der Waals surface area contributed by atoms with E-state index in [0.29, 0.717) is 0 Å². The first kappa shape index (κ1) is 9.94. The minimum Gasteiger partial charge on any atom is -0.318 e. The van der Waals surface area contributed by atoms with Crippen LogP contribution in [0.5, 0.6) is 0 Å². The summed E-state index contributed by atoms with van der Waals surface area (Å²) in [6.07, 6.45) is 13.2. The lowest BCUT2D eigenvalue weighted by Crippen LogP contribution is -2.35. The summed E-state index contributed by atoms with van der Waals surface area (Å²) in [4.78, 5) is 0. The number of rotatable bonds is 2. The van der Waals surface area contributed by atoms with Crippen LogP contribution in [0.4, 0.5) is 0 Å². The van der Waals surface area contributed by atoms with E-state index in [-0.39, 0.29) is 5.54 Å². The molecule has 0 fully saturated rings.